The molecule has 0 unspecified atom stereocenters. The summed E-state index contributed by atoms with van der Waals surface area (Å²) in [6.45, 7) is 14.4. The number of carbonyl (C=O) groups is 1. The Morgan fingerprint density at radius 3 is 2.35 bits per heavy atom. The summed E-state index contributed by atoms with van der Waals surface area (Å²) in [7, 11) is 0. The zero-order valence-corrected chi connectivity index (χ0v) is 20.6. The van der Waals surface area contributed by atoms with Crippen LogP contribution >= 0.6 is 0 Å². The van der Waals surface area contributed by atoms with E-state index in [1.54, 1.807) is 4.68 Å². The molecular formula is C25H35N7O2. The highest BCUT2D eigenvalue weighted by molar-refractivity contribution is 5.84. The van der Waals surface area contributed by atoms with E-state index < -0.39 is 6.04 Å². The summed E-state index contributed by atoms with van der Waals surface area (Å²) in [4.78, 5) is 31.4. The Bertz CT molecular complexity index is 1190. The first kappa shape index (κ1) is 24.1. The van der Waals surface area contributed by atoms with Crippen LogP contribution in [0.2, 0.25) is 0 Å². The van der Waals surface area contributed by atoms with Gasteiger partial charge in [0, 0.05) is 39.3 Å². The monoisotopic (exact) mass is 465 g/mol. The van der Waals surface area contributed by atoms with Gasteiger partial charge >= 0.3 is 0 Å². The normalized spacial score (nSPS) is 16.1. The molecule has 1 fully saturated rings. The number of benzene rings is 1. The van der Waals surface area contributed by atoms with Gasteiger partial charge in [0.05, 0.1) is 22.5 Å². The number of aryl methyl sites for hydroxylation is 2. The van der Waals surface area contributed by atoms with Crippen molar-refractivity contribution in [1.29, 1.82) is 0 Å². The molecule has 0 bridgehead atoms. The van der Waals surface area contributed by atoms with E-state index in [2.05, 4.69) is 32.2 Å². The Morgan fingerprint density at radius 1 is 1.03 bits per heavy atom. The second-order valence-electron chi connectivity index (χ2n) is 8.88. The molecule has 1 N–H and O–H groups in total. The van der Waals surface area contributed by atoms with Crippen molar-refractivity contribution in [3.8, 4) is 5.69 Å². The number of hydrogen-bond donors (Lipinski definition) is 1. The highest BCUT2D eigenvalue weighted by Crippen LogP contribution is 2.21. The lowest BCUT2D eigenvalue weighted by Gasteiger charge is -2.34. The summed E-state index contributed by atoms with van der Waals surface area (Å²) in [5.74, 6) is -0.170. The van der Waals surface area contributed by atoms with Crippen molar-refractivity contribution in [3.05, 3.63) is 52.1 Å². The van der Waals surface area contributed by atoms with Gasteiger partial charge in [0.1, 0.15) is 11.6 Å². The topological polar surface area (TPSA) is 88.3 Å². The summed E-state index contributed by atoms with van der Waals surface area (Å²) in [6.07, 6.45) is 0.477. The number of para-hydroxylation sites is 1. The van der Waals surface area contributed by atoms with Crippen LogP contribution in [-0.4, -0.2) is 81.1 Å². The van der Waals surface area contributed by atoms with Crippen molar-refractivity contribution in [1.82, 2.24) is 34.7 Å². The molecule has 182 valence electrons. The fourth-order valence-corrected chi connectivity index (χ4v) is 4.67. The van der Waals surface area contributed by atoms with Gasteiger partial charge in [-0.25, -0.2) is 9.36 Å². The van der Waals surface area contributed by atoms with Crippen LogP contribution in [-0.2, 0) is 4.79 Å². The van der Waals surface area contributed by atoms with Crippen LogP contribution in [0, 0.1) is 13.8 Å². The van der Waals surface area contributed by atoms with Crippen molar-refractivity contribution in [2.45, 2.75) is 40.2 Å². The molecule has 1 saturated heterocycles. The molecule has 1 atom stereocenters. The van der Waals surface area contributed by atoms with E-state index >= 15 is 0 Å². The van der Waals surface area contributed by atoms with E-state index in [4.69, 9.17) is 0 Å². The molecule has 0 aliphatic carbocycles. The van der Waals surface area contributed by atoms with Gasteiger partial charge in [-0.3, -0.25) is 14.5 Å². The third-order valence-corrected chi connectivity index (χ3v) is 6.76. The van der Waals surface area contributed by atoms with Gasteiger partial charge in [0.15, 0.2) is 0 Å². The number of nitrogens with zero attached hydrogens (tertiary/aromatic N) is 6. The van der Waals surface area contributed by atoms with E-state index in [1.807, 2.05) is 51.1 Å². The lowest BCUT2D eigenvalue weighted by atomic mass is 10.2. The zero-order valence-electron chi connectivity index (χ0n) is 20.6. The van der Waals surface area contributed by atoms with Gasteiger partial charge in [0.2, 0.25) is 5.91 Å². The minimum atomic E-state index is -0.660. The maximum Gasteiger partial charge on any atom is 0.278 e. The second kappa shape index (κ2) is 10.5. The summed E-state index contributed by atoms with van der Waals surface area (Å²) < 4.78 is 3.11. The van der Waals surface area contributed by atoms with Crippen molar-refractivity contribution in [2.75, 3.05) is 45.8 Å². The number of amides is 1. The van der Waals surface area contributed by atoms with Gasteiger partial charge in [0.25, 0.3) is 5.56 Å². The molecule has 9 heteroatoms. The molecule has 0 saturated carbocycles. The molecule has 1 aromatic carbocycles. The smallest absolute Gasteiger partial charge is 0.278 e. The largest absolute Gasteiger partial charge is 0.353 e. The fourth-order valence-electron chi connectivity index (χ4n) is 4.67. The zero-order chi connectivity index (χ0) is 24.2. The number of fused-ring (bicyclic) bond motifs is 1. The first-order chi connectivity index (χ1) is 16.4. The summed E-state index contributed by atoms with van der Waals surface area (Å²) in [5, 5.41) is 12.7. The van der Waals surface area contributed by atoms with Crippen LogP contribution in [0.1, 0.15) is 37.7 Å². The number of piperazine rings is 1. The Labute approximate surface area is 200 Å². The van der Waals surface area contributed by atoms with Gasteiger partial charge in [-0.1, -0.05) is 32.0 Å². The quantitative estimate of drug-likeness (QED) is 0.547. The Balaban J connectivity index is 1.53. The Kier molecular flexibility index (Phi) is 7.43. The minimum Gasteiger partial charge on any atom is -0.353 e. The first-order valence-electron chi connectivity index (χ1n) is 12.2. The average Bonchev–Trinajstić information content (AvgIpc) is 3.21. The molecule has 0 spiro atoms. The molecule has 9 nitrogen and oxygen atoms in total. The SMILES string of the molecule is CC[C@@H](C(=O)NCCN1CCN(CC)CC1)n1nc(C)c2nn(-c3ccccc3)c(C)c2c1=O. The summed E-state index contributed by atoms with van der Waals surface area (Å²) in [6, 6.07) is 9.05. The van der Waals surface area contributed by atoms with Crippen molar-refractivity contribution >= 4 is 16.8 Å². The number of hydrogen-bond acceptors (Lipinski definition) is 6. The van der Waals surface area contributed by atoms with E-state index in [-0.39, 0.29) is 11.5 Å². The van der Waals surface area contributed by atoms with Gasteiger partial charge in [-0.05, 0) is 38.9 Å². The molecule has 4 rings (SSSR count). The van der Waals surface area contributed by atoms with Crippen LogP contribution in [0.5, 0.6) is 0 Å². The molecule has 0 radical (unpaired) electrons. The highest BCUT2D eigenvalue weighted by Gasteiger charge is 2.25. The molecule has 2 aromatic heterocycles. The van der Waals surface area contributed by atoms with E-state index in [1.165, 1.54) is 4.68 Å². The number of aromatic nitrogens is 4. The molecule has 3 aromatic rings. The Morgan fingerprint density at radius 2 is 1.71 bits per heavy atom. The average molecular weight is 466 g/mol. The van der Waals surface area contributed by atoms with Crippen molar-refractivity contribution < 1.29 is 4.79 Å². The van der Waals surface area contributed by atoms with Crippen LogP contribution in [0.3, 0.4) is 0 Å². The number of likely N-dealkylation sites (N-methyl/N-ethyl adjacent to an activating group) is 1. The van der Waals surface area contributed by atoms with Gasteiger partial charge in [-0.2, -0.15) is 10.2 Å². The summed E-state index contributed by atoms with van der Waals surface area (Å²) in [5.41, 5.74) is 2.55. The van der Waals surface area contributed by atoms with E-state index in [9.17, 15) is 9.59 Å². The Hall–Kier alpha value is -3.04. The molecule has 34 heavy (non-hydrogen) atoms. The maximum atomic E-state index is 13.5. The third kappa shape index (κ3) is 4.76. The lowest BCUT2D eigenvalue weighted by Crippen LogP contribution is -2.48. The minimum absolute atomic E-state index is 0.170. The summed E-state index contributed by atoms with van der Waals surface area (Å²) >= 11 is 0. The molecule has 1 amide bonds. The predicted octanol–water partition coefficient (Wildman–Crippen LogP) is 1.90. The van der Waals surface area contributed by atoms with Crippen molar-refractivity contribution in [3.63, 3.8) is 0 Å². The number of rotatable bonds is 8. The number of nitrogens with one attached hydrogen (secondary N) is 1. The molecule has 3 heterocycles. The standard InChI is InChI=1S/C25H35N7O2/c1-5-21(24(33)26-12-13-30-16-14-29(6-2)15-17-30)32-25(34)22-19(4)31(20-10-8-7-9-11-20)28-23(22)18(3)27-32/h7-11,21H,5-6,12-17H2,1-4H3,(H,26,33)/t21-/m0/s1. The number of carbonyl (C=O) groups excluding carboxylic acids is 1. The van der Waals surface area contributed by atoms with Crippen LogP contribution in [0.15, 0.2) is 35.1 Å². The molecule has 1 aliphatic heterocycles. The van der Waals surface area contributed by atoms with Gasteiger partial charge in [-0.15, -0.1) is 0 Å². The highest BCUT2D eigenvalue weighted by atomic mass is 16.2. The first-order valence-corrected chi connectivity index (χ1v) is 12.2. The molecular weight excluding hydrogens is 430 g/mol. The maximum absolute atomic E-state index is 13.5. The van der Waals surface area contributed by atoms with Crippen LogP contribution in [0.4, 0.5) is 0 Å². The third-order valence-electron chi connectivity index (χ3n) is 6.76. The van der Waals surface area contributed by atoms with E-state index in [0.29, 0.717) is 29.6 Å². The predicted molar refractivity (Wildman–Crippen MR) is 133 cm³/mol. The van der Waals surface area contributed by atoms with Crippen LogP contribution in [0.25, 0.3) is 16.6 Å². The van der Waals surface area contributed by atoms with Crippen LogP contribution < -0.4 is 10.9 Å². The fraction of sp³-hybridized carbons (Fsp3) is 0.520. The molecule has 1 aliphatic rings. The van der Waals surface area contributed by atoms with E-state index in [0.717, 1.165) is 50.6 Å². The second-order valence-corrected chi connectivity index (χ2v) is 8.88. The van der Waals surface area contributed by atoms with Gasteiger partial charge < -0.3 is 10.2 Å². The lowest BCUT2D eigenvalue weighted by molar-refractivity contribution is -0.124. The van der Waals surface area contributed by atoms with Crippen molar-refractivity contribution in [2.24, 2.45) is 0 Å².